The molecule has 0 aromatic heterocycles. The van der Waals surface area contributed by atoms with E-state index in [9.17, 15) is 4.79 Å². The molecule has 2 aliphatic rings. The lowest BCUT2D eigenvalue weighted by molar-refractivity contribution is -0.143. The molecule has 0 bridgehead atoms. The van der Waals surface area contributed by atoms with Crippen molar-refractivity contribution in [3.63, 3.8) is 0 Å². The van der Waals surface area contributed by atoms with Crippen molar-refractivity contribution in [3.8, 4) is 0 Å². The van der Waals surface area contributed by atoms with Crippen molar-refractivity contribution < 1.29 is 9.53 Å². The van der Waals surface area contributed by atoms with Crippen molar-refractivity contribution in [2.75, 3.05) is 0 Å². The number of hydrogen-bond donors (Lipinski definition) is 0. The SMILES string of the molecule is C=C1C(=O)O[C@H]2[C@H]1CC/C(C)=C/CCC(C)(C)[C@H]2C. The van der Waals surface area contributed by atoms with Gasteiger partial charge in [-0.2, -0.15) is 0 Å². The first-order valence-corrected chi connectivity index (χ1v) is 7.38. The minimum atomic E-state index is -0.182. The maximum atomic E-state index is 11.8. The number of ether oxygens (including phenoxy) is 1. The van der Waals surface area contributed by atoms with Gasteiger partial charge in [0.15, 0.2) is 0 Å². The molecule has 19 heavy (non-hydrogen) atoms. The van der Waals surface area contributed by atoms with E-state index in [0.29, 0.717) is 11.5 Å². The summed E-state index contributed by atoms with van der Waals surface area (Å²) in [5.41, 5.74) is 2.29. The van der Waals surface area contributed by atoms with Crippen LogP contribution in [-0.4, -0.2) is 12.1 Å². The summed E-state index contributed by atoms with van der Waals surface area (Å²) in [5.74, 6) is 0.384. The third-order valence-corrected chi connectivity index (χ3v) is 5.21. The highest BCUT2D eigenvalue weighted by Gasteiger charge is 2.45. The molecule has 0 spiro atoms. The zero-order chi connectivity index (χ0) is 14.2. The lowest BCUT2D eigenvalue weighted by atomic mass is 9.69. The molecule has 2 rings (SSSR count). The average Bonchev–Trinajstić information content (AvgIpc) is 2.61. The fourth-order valence-electron chi connectivity index (χ4n) is 3.27. The minimum absolute atomic E-state index is 0.0147. The van der Waals surface area contributed by atoms with Crippen LogP contribution in [0.25, 0.3) is 0 Å². The summed E-state index contributed by atoms with van der Waals surface area (Å²) in [6, 6.07) is 0. The normalized spacial score (nSPS) is 38.1. The maximum Gasteiger partial charge on any atom is 0.334 e. The molecule has 1 fully saturated rings. The number of esters is 1. The summed E-state index contributed by atoms with van der Waals surface area (Å²) in [6.45, 7) is 12.9. The number of rotatable bonds is 0. The fourth-order valence-corrected chi connectivity index (χ4v) is 3.27. The van der Waals surface area contributed by atoms with Gasteiger partial charge in [0.2, 0.25) is 0 Å². The van der Waals surface area contributed by atoms with E-state index in [0.717, 1.165) is 25.7 Å². The molecule has 1 heterocycles. The van der Waals surface area contributed by atoms with E-state index in [1.165, 1.54) is 5.57 Å². The molecule has 106 valence electrons. The van der Waals surface area contributed by atoms with E-state index in [-0.39, 0.29) is 23.4 Å². The van der Waals surface area contributed by atoms with Crippen molar-refractivity contribution in [2.24, 2.45) is 17.3 Å². The molecule has 0 N–H and O–H groups in total. The van der Waals surface area contributed by atoms with Crippen LogP contribution in [0.3, 0.4) is 0 Å². The number of fused-ring (bicyclic) bond motifs is 1. The summed E-state index contributed by atoms with van der Waals surface area (Å²) in [4.78, 5) is 11.8. The second kappa shape index (κ2) is 5.15. The fraction of sp³-hybridized carbons (Fsp3) is 0.706. The van der Waals surface area contributed by atoms with E-state index in [2.05, 4.69) is 40.3 Å². The van der Waals surface area contributed by atoms with Crippen LogP contribution in [0.15, 0.2) is 23.8 Å². The molecule has 0 aromatic carbocycles. The number of carbonyl (C=O) groups excluding carboxylic acids is 1. The van der Waals surface area contributed by atoms with Crippen molar-refractivity contribution in [2.45, 2.75) is 59.5 Å². The van der Waals surface area contributed by atoms with Gasteiger partial charge < -0.3 is 4.74 Å². The van der Waals surface area contributed by atoms with E-state index in [1.54, 1.807) is 0 Å². The average molecular weight is 262 g/mol. The lowest BCUT2D eigenvalue weighted by Gasteiger charge is -2.37. The van der Waals surface area contributed by atoms with Crippen molar-refractivity contribution >= 4 is 5.97 Å². The van der Waals surface area contributed by atoms with Gasteiger partial charge in [-0.25, -0.2) is 4.79 Å². The Morgan fingerprint density at radius 3 is 2.79 bits per heavy atom. The molecular weight excluding hydrogens is 236 g/mol. The Bertz CT molecular complexity index is 417. The van der Waals surface area contributed by atoms with Gasteiger partial charge in [0.05, 0.1) is 0 Å². The van der Waals surface area contributed by atoms with Crippen LogP contribution in [0, 0.1) is 17.3 Å². The Morgan fingerprint density at radius 2 is 2.11 bits per heavy atom. The highest BCUT2D eigenvalue weighted by molar-refractivity contribution is 5.90. The quantitative estimate of drug-likeness (QED) is 0.370. The zero-order valence-corrected chi connectivity index (χ0v) is 12.7. The predicted octanol–water partition coefficient (Wildman–Crippen LogP) is 4.27. The lowest BCUT2D eigenvalue weighted by Crippen LogP contribution is -2.36. The Kier molecular flexibility index (Phi) is 3.89. The van der Waals surface area contributed by atoms with Gasteiger partial charge >= 0.3 is 5.97 Å². The number of allylic oxidation sites excluding steroid dienone is 2. The molecule has 1 saturated heterocycles. The molecule has 1 aliphatic heterocycles. The molecule has 1 aliphatic carbocycles. The van der Waals surface area contributed by atoms with E-state index >= 15 is 0 Å². The Labute approximate surface area is 116 Å². The van der Waals surface area contributed by atoms with Gasteiger partial charge in [0.1, 0.15) is 6.10 Å². The summed E-state index contributed by atoms with van der Waals surface area (Å²) in [5, 5.41) is 0. The van der Waals surface area contributed by atoms with Crippen LogP contribution in [0.4, 0.5) is 0 Å². The Morgan fingerprint density at radius 1 is 1.42 bits per heavy atom. The third kappa shape index (κ3) is 2.77. The summed E-state index contributed by atoms with van der Waals surface area (Å²) in [7, 11) is 0. The van der Waals surface area contributed by atoms with Crippen LogP contribution in [0.1, 0.15) is 53.4 Å². The largest absolute Gasteiger partial charge is 0.458 e. The van der Waals surface area contributed by atoms with Crippen LogP contribution >= 0.6 is 0 Å². The van der Waals surface area contributed by atoms with Crippen LogP contribution in [-0.2, 0) is 9.53 Å². The first-order chi connectivity index (χ1) is 8.83. The van der Waals surface area contributed by atoms with Crippen molar-refractivity contribution in [1.82, 2.24) is 0 Å². The summed E-state index contributed by atoms with van der Waals surface area (Å²) >= 11 is 0. The molecule has 2 heteroatoms. The highest BCUT2D eigenvalue weighted by atomic mass is 16.6. The highest BCUT2D eigenvalue weighted by Crippen LogP contribution is 2.44. The van der Waals surface area contributed by atoms with Crippen LogP contribution < -0.4 is 0 Å². The molecule has 0 unspecified atom stereocenters. The van der Waals surface area contributed by atoms with Crippen molar-refractivity contribution in [3.05, 3.63) is 23.8 Å². The monoisotopic (exact) mass is 262 g/mol. The standard InChI is InChI=1S/C17H26O2/c1-11-7-6-10-17(4,5)13(3)15-14(9-8-11)12(2)16(18)19-15/h7,13-15H,2,6,8-10H2,1,3-5H3/b11-7+/t13-,14-,15+/m0/s1. The Balaban J connectivity index is 2.31. The number of hydrogen-bond acceptors (Lipinski definition) is 2. The smallest absolute Gasteiger partial charge is 0.334 e. The zero-order valence-electron chi connectivity index (χ0n) is 12.7. The molecule has 0 aromatic rings. The van der Waals surface area contributed by atoms with Crippen LogP contribution in [0.5, 0.6) is 0 Å². The topological polar surface area (TPSA) is 26.3 Å². The summed E-state index contributed by atoms with van der Waals surface area (Å²) < 4.78 is 5.63. The van der Waals surface area contributed by atoms with Crippen molar-refractivity contribution in [1.29, 1.82) is 0 Å². The van der Waals surface area contributed by atoms with Gasteiger partial charge in [-0.3, -0.25) is 0 Å². The summed E-state index contributed by atoms with van der Waals surface area (Å²) in [6.07, 6.45) is 6.66. The minimum Gasteiger partial charge on any atom is -0.458 e. The van der Waals surface area contributed by atoms with Gasteiger partial charge in [-0.05, 0) is 43.9 Å². The molecule has 0 amide bonds. The van der Waals surface area contributed by atoms with Gasteiger partial charge in [-0.15, -0.1) is 0 Å². The molecule has 0 radical (unpaired) electrons. The molecule has 0 saturated carbocycles. The Hall–Kier alpha value is -1.05. The molecular formula is C17H26O2. The van der Waals surface area contributed by atoms with Gasteiger partial charge in [0, 0.05) is 11.5 Å². The maximum absolute atomic E-state index is 11.8. The second-order valence-electron chi connectivity index (χ2n) is 6.91. The first-order valence-electron chi connectivity index (χ1n) is 7.38. The molecule has 3 atom stereocenters. The van der Waals surface area contributed by atoms with E-state index < -0.39 is 0 Å². The first kappa shape index (κ1) is 14.4. The van der Waals surface area contributed by atoms with E-state index in [1.807, 2.05) is 0 Å². The van der Waals surface area contributed by atoms with Gasteiger partial charge in [-0.1, -0.05) is 39.0 Å². The third-order valence-electron chi connectivity index (χ3n) is 5.21. The number of carbonyl (C=O) groups is 1. The van der Waals surface area contributed by atoms with Gasteiger partial charge in [0.25, 0.3) is 0 Å². The van der Waals surface area contributed by atoms with E-state index in [4.69, 9.17) is 4.74 Å². The molecule has 2 nitrogen and oxygen atoms in total. The van der Waals surface area contributed by atoms with Crippen LogP contribution in [0.2, 0.25) is 0 Å². The predicted molar refractivity (Wildman–Crippen MR) is 77.7 cm³/mol. The second-order valence-corrected chi connectivity index (χ2v) is 6.91.